The van der Waals surface area contributed by atoms with Crippen LogP contribution in [0.4, 0.5) is 0 Å². The summed E-state index contributed by atoms with van der Waals surface area (Å²) in [6.07, 6.45) is 0.674. The van der Waals surface area contributed by atoms with Gasteiger partial charge in [0.2, 0.25) is 0 Å². The Morgan fingerprint density at radius 2 is 1.67 bits per heavy atom. The molecule has 0 aliphatic carbocycles. The van der Waals surface area contributed by atoms with Gasteiger partial charge in [0.1, 0.15) is 0 Å². The summed E-state index contributed by atoms with van der Waals surface area (Å²) in [6, 6.07) is 18.0. The van der Waals surface area contributed by atoms with E-state index >= 15 is 0 Å². The Balaban J connectivity index is 2.11. The maximum atomic E-state index is 8.70. The quantitative estimate of drug-likeness (QED) is 0.605. The highest BCUT2D eigenvalue weighted by Crippen LogP contribution is 2.28. The van der Waals surface area contributed by atoms with Gasteiger partial charge < -0.3 is 9.94 Å². The number of aliphatic hydroxyl groups is 1. The Bertz CT molecular complexity index is 471. The average molecular weight is 243 g/mol. The van der Waals surface area contributed by atoms with E-state index in [-0.39, 0.29) is 6.61 Å². The van der Waals surface area contributed by atoms with Crippen LogP contribution in [0.1, 0.15) is 6.42 Å². The first kappa shape index (κ1) is 12.6. The van der Waals surface area contributed by atoms with Gasteiger partial charge in [-0.1, -0.05) is 48.5 Å². The molecule has 94 valence electrons. The van der Waals surface area contributed by atoms with Crippen molar-refractivity contribution in [1.29, 1.82) is 0 Å². The van der Waals surface area contributed by atoms with Crippen LogP contribution in [0, 0.1) is 0 Å². The summed E-state index contributed by atoms with van der Waals surface area (Å²) >= 11 is 0. The normalized spacial score (nSPS) is 10.3. The molecule has 0 aliphatic rings. The van der Waals surface area contributed by atoms with E-state index in [1.807, 2.05) is 42.5 Å². The highest BCUT2D eigenvalue weighted by molar-refractivity contribution is 5.70. The Morgan fingerprint density at radius 1 is 0.944 bits per heavy atom. The number of nitrogens with one attached hydrogen (secondary N) is 1. The SMILES string of the molecule is OCCCNOc1ccccc1-c1ccccc1. The molecule has 3 nitrogen and oxygen atoms in total. The predicted molar refractivity (Wildman–Crippen MR) is 72.2 cm³/mol. The fourth-order valence-corrected chi connectivity index (χ4v) is 1.69. The molecule has 0 fully saturated rings. The maximum Gasteiger partial charge on any atom is 0.154 e. The van der Waals surface area contributed by atoms with Gasteiger partial charge in [-0.05, 0) is 18.1 Å². The molecule has 0 saturated heterocycles. The van der Waals surface area contributed by atoms with Crippen LogP contribution >= 0.6 is 0 Å². The Kier molecular flexibility index (Phi) is 4.76. The van der Waals surface area contributed by atoms with Gasteiger partial charge in [-0.3, -0.25) is 0 Å². The van der Waals surface area contributed by atoms with Crippen LogP contribution in [0.25, 0.3) is 11.1 Å². The summed E-state index contributed by atoms with van der Waals surface area (Å²) in [7, 11) is 0. The van der Waals surface area contributed by atoms with E-state index in [0.717, 1.165) is 16.9 Å². The summed E-state index contributed by atoms with van der Waals surface area (Å²) in [5.41, 5.74) is 5.03. The van der Waals surface area contributed by atoms with Crippen molar-refractivity contribution in [3.63, 3.8) is 0 Å². The smallest absolute Gasteiger partial charge is 0.154 e. The molecule has 0 bridgehead atoms. The number of hydroxylamine groups is 1. The van der Waals surface area contributed by atoms with Crippen LogP contribution in [-0.2, 0) is 0 Å². The molecule has 2 N–H and O–H groups in total. The maximum absolute atomic E-state index is 8.70. The molecule has 0 heterocycles. The van der Waals surface area contributed by atoms with Gasteiger partial charge in [0.05, 0.1) is 0 Å². The lowest BCUT2D eigenvalue weighted by Crippen LogP contribution is -2.20. The summed E-state index contributed by atoms with van der Waals surface area (Å²) in [4.78, 5) is 5.53. The van der Waals surface area contributed by atoms with Crippen molar-refractivity contribution in [2.75, 3.05) is 13.2 Å². The van der Waals surface area contributed by atoms with Gasteiger partial charge in [0.25, 0.3) is 0 Å². The minimum Gasteiger partial charge on any atom is -0.408 e. The lowest BCUT2D eigenvalue weighted by molar-refractivity contribution is 0.181. The zero-order valence-corrected chi connectivity index (χ0v) is 10.2. The van der Waals surface area contributed by atoms with Crippen molar-refractivity contribution in [2.45, 2.75) is 6.42 Å². The molecule has 0 spiro atoms. The zero-order chi connectivity index (χ0) is 12.6. The van der Waals surface area contributed by atoms with E-state index in [4.69, 9.17) is 9.94 Å². The molecule has 0 aromatic heterocycles. The van der Waals surface area contributed by atoms with Crippen molar-refractivity contribution in [1.82, 2.24) is 5.48 Å². The monoisotopic (exact) mass is 243 g/mol. The van der Waals surface area contributed by atoms with E-state index in [0.29, 0.717) is 13.0 Å². The van der Waals surface area contributed by atoms with Crippen LogP contribution in [-0.4, -0.2) is 18.3 Å². The largest absolute Gasteiger partial charge is 0.408 e. The first-order valence-electron chi connectivity index (χ1n) is 6.07. The summed E-state index contributed by atoms with van der Waals surface area (Å²) in [5, 5.41) is 8.70. The van der Waals surface area contributed by atoms with Crippen molar-refractivity contribution >= 4 is 0 Å². The molecule has 2 aromatic rings. The Labute approximate surface area is 107 Å². The number of aliphatic hydroxyl groups excluding tert-OH is 1. The molecular weight excluding hydrogens is 226 g/mol. The second-order valence-corrected chi connectivity index (χ2v) is 3.94. The zero-order valence-electron chi connectivity index (χ0n) is 10.2. The van der Waals surface area contributed by atoms with Crippen molar-refractivity contribution in [2.24, 2.45) is 0 Å². The molecule has 0 atom stereocenters. The third-order valence-corrected chi connectivity index (χ3v) is 2.59. The first-order chi connectivity index (χ1) is 8.92. The van der Waals surface area contributed by atoms with E-state index < -0.39 is 0 Å². The third kappa shape index (κ3) is 3.32. The second-order valence-electron chi connectivity index (χ2n) is 3.94. The Hall–Kier alpha value is -1.84. The van der Waals surface area contributed by atoms with Crippen molar-refractivity contribution in [3.05, 3.63) is 54.6 Å². The van der Waals surface area contributed by atoms with Crippen molar-refractivity contribution < 1.29 is 9.94 Å². The molecule has 0 radical (unpaired) electrons. The molecule has 2 rings (SSSR count). The van der Waals surface area contributed by atoms with Gasteiger partial charge in [0, 0.05) is 18.7 Å². The molecule has 2 aromatic carbocycles. The van der Waals surface area contributed by atoms with Gasteiger partial charge >= 0.3 is 0 Å². The molecule has 0 aliphatic heterocycles. The fraction of sp³-hybridized carbons (Fsp3) is 0.200. The highest BCUT2D eigenvalue weighted by Gasteiger charge is 2.04. The van der Waals surface area contributed by atoms with E-state index in [2.05, 4.69) is 17.6 Å². The summed E-state index contributed by atoms with van der Waals surface area (Å²) in [6.45, 7) is 0.788. The van der Waals surface area contributed by atoms with Crippen LogP contribution in [0.15, 0.2) is 54.6 Å². The number of rotatable bonds is 6. The van der Waals surface area contributed by atoms with Crippen LogP contribution < -0.4 is 10.3 Å². The molecule has 3 heteroatoms. The van der Waals surface area contributed by atoms with Gasteiger partial charge in [-0.15, -0.1) is 0 Å². The summed E-state index contributed by atoms with van der Waals surface area (Å²) in [5.74, 6) is 0.793. The van der Waals surface area contributed by atoms with Crippen LogP contribution in [0.5, 0.6) is 5.75 Å². The van der Waals surface area contributed by atoms with Crippen LogP contribution in [0.3, 0.4) is 0 Å². The highest BCUT2D eigenvalue weighted by atomic mass is 16.6. The molecule has 0 amide bonds. The molecular formula is C15H17NO2. The lowest BCUT2D eigenvalue weighted by atomic mass is 10.1. The predicted octanol–water partition coefficient (Wildman–Crippen LogP) is 2.62. The molecule has 0 unspecified atom stereocenters. The van der Waals surface area contributed by atoms with Gasteiger partial charge in [-0.25, -0.2) is 0 Å². The Morgan fingerprint density at radius 3 is 2.44 bits per heavy atom. The standard InChI is InChI=1S/C15H17NO2/c17-12-6-11-16-18-15-10-5-4-9-14(15)13-7-2-1-3-8-13/h1-5,7-10,16-17H,6,11-12H2. The second kappa shape index (κ2) is 6.79. The van der Waals surface area contributed by atoms with Gasteiger partial charge in [-0.2, -0.15) is 5.48 Å². The molecule has 0 saturated carbocycles. The summed E-state index contributed by atoms with van der Waals surface area (Å²) < 4.78 is 0. The van der Waals surface area contributed by atoms with Crippen LogP contribution in [0.2, 0.25) is 0 Å². The molecule has 18 heavy (non-hydrogen) atoms. The van der Waals surface area contributed by atoms with Crippen molar-refractivity contribution in [3.8, 4) is 16.9 Å². The van der Waals surface area contributed by atoms with E-state index in [9.17, 15) is 0 Å². The van der Waals surface area contributed by atoms with E-state index in [1.54, 1.807) is 0 Å². The van der Waals surface area contributed by atoms with Gasteiger partial charge in [0.15, 0.2) is 5.75 Å². The number of hydrogen-bond donors (Lipinski definition) is 2. The number of hydrogen-bond acceptors (Lipinski definition) is 3. The lowest BCUT2D eigenvalue weighted by Gasteiger charge is -2.11. The minimum atomic E-state index is 0.163. The minimum absolute atomic E-state index is 0.163. The topological polar surface area (TPSA) is 41.5 Å². The average Bonchev–Trinajstić information content (AvgIpc) is 2.45. The number of benzene rings is 2. The third-order valence-electron chi connectivity index (χ3n) is 2.59. The van der Waals surface area contributed by atoms with E-state index in [1.165, 1.54) is 0 Å². The fourth-order valence-electron chi connectivity index (χ4n) is 1.69. The first-order valence-corrected chi connectivity index (χ1v) is 6.07. The number of para-hydroxylation sites is 1.